The van der Waals surface area contributed by atoms with Crippen LogP contribution in [0.4, 0.5) is 0 Å². The second kappa shape index (κ2) is 3.82. The Bertz CT molecular complexity index is 484. The fraction of sp³-hybridized carbons (Fsp3) is 0.533. The van der Waals surface area contributed by atoms with Crippen LogP contribution < -0.4 is 5.32 Å². The Morgan fingerprint density at radius 1 is 1.11 bits per heavy atom. The van der Waals surface area contributed by atoms with Crippen LogP contribution in [0.15, 0.2) is 30.3 Å². The fourth-order valence-electron chi connectivity index (χ4n) is 3.52. The lowest BCUT2D eigenvalue weighted by molar-refractivity contribution is -0.545. The summed E-state index contributed by atoms with van der Waals surface area (Å²) in [5.74, 6) is 0. The summed E-state index contributed by atoms with van der Waals surface area (Å²) in [7, 11) is 0. The second-order valence-electron chi connectivity index (χ2n) is 6.00. The molecule has 0 amide bonds. The maximum atomic E-state index is 12.8. The molecule has 0 radical (unpaired) electrons. The van der Waals surface area contributed by atoms with Gasteiger partial charge in [-0.25, -0.2) is 5.32 Å². The molecule has 1 spiro atoms. The zero-order chi connectivity index (χ0) is 12.8. The van der Waals surface area contributed by atoms with Gasteiger partial charge in [-0.3, -0.25) is 0 Å². The van der Waals surface area contributed by atoms with Gasteiger partial charge < -0.3 is 5.21 Å². The van der Waals surface area contributed by atoms with Crippen LogP contribution in [-0.4, -0.2) is 21.7 Å². The van der Waals surface area contributed by atoms with Crippen molar-refractivity contribution in [3.63, 3.8) is 0 Å². The van der Waals surface area contributed by atoms with Crippen molar-refractivity contribution in [2.24, 2.45) is 0 Å². The van der Waals surface area contributed by atoms with Gasteiger partial charge >= 0.3 is 0 Å². The normalized spacial score (nSPS) is 25.0. The van der Waals surface area contributed by atoms with Crippen molar-refractivity contribution in [3.05, 3.63) is 41.1 Å². The summed E-state index contributed by atoms with van der Waals surface area (Å²) in [6, 6.07) is 10.0. The Morgan fingerprint density at radius 2 is 1.72 bits per heavy atom. The van der Waals surface area contributed by atoms with E-state index in [0.717, 1.165) is 37.0 Å². The van der Waals surface area contributed by atoms with Gasteiger partial charge in [-0.1, -0.05) is 18.2 Å². The fourth-order valence-corrected chi connectivity index (χ4v) is 3.52. The van der Waals surface area contributed by atoms with Gasteiger partial charge in [0.15, 0.2) is 0 Å². The van der Waals surface area contributed by atoms with Gasteiger partial charge in [0.25, 0.3) is 0 Å². The number of benzene rings is 1. The predicted molar refractivity (Wildman–Crippen MR) is 72.6 cm³/mol. The second-order valence-corrected chi connectivity index (χ2v) is 6.00. The third kappa shape index (κ3) is 1.57. The molecule has 0 unspecified atom stereocenters. The topological polar surface area (TPSA) is 38.1 Å². The third-order valence-corrected chi connectivity index (χ3v) is 4.21. The van der Waals surface area contributed by atoms with E-state index in [2.05, 4.69) is 19.2 Å². The molecule has 1 heterocycles. The first-order valence-electron chi connectivity index (χ1n) is 6.75. The van der Waals surface area contributed by atoms with Crippen LogP contribution in [-0.2, 0) is 0 Å². The summed E-state index contributed by atoms with van der Waals surface area (Å²) in [5, 5.41) is 16.3. The van der Waals surface area contributed by atoms with Crippen LogP contribution in [0.5, 0.6) is 0 Å². The molecule has 1 aliphatic heterocycles. The Hall–Kier alpha value is -1.35. The molecule has 1 aromatic rings. The molecule has 18 heavy (non-hydrogen) atoms. The molecular weight excluding hydrogens is 224 g/mol. The zero-order valence-corrected chi connectivity index (χ0v) is 11.1. The van der Waals surface area contributed by atoms with Crippen molar-refractivity contribution >= 4 is 5.71 Å². The minimum Gasteiger partial charge on any atom is -0.622 e. The SMILES string of the molecule is CC1(C)NC2(CCCC2)[N+]([O-])=C1c1ccccc1. The zero-order valence-electron chi connectivity index (χ0n) is 11.1. The Labute approximate surface area is 108 Å². The molecule has 1 fully saturated rings. The molecule has 0 atom stereocenters. The Balaban J connectivity index is 2.12. The van der Waals surface area contributed by atoms with Gasteiger partial charge in [0.1, 0.15) is 5.54 Å². The summed E-state index contributed by atoms with van der Waals surface area (Å²) in [5.41, 5.74) is 1.31. The van der Waals surface area contributed by atoms with Crippen LogP contribution in [0.2, 0.25) is 0 Å². The Morgan fingerprint density at radius 3 is 2.33 bits per heavy atom. The summed E-state index contributed by atoms with van der Waals surface area (Å²) in [4.78, 5) is 0. The van der Waals surface area contributed by atoms with Crippen LogP contribution >= 0.6 is 0 Å². The standard InChI is InChI=1S/C15H20N2O/c1-14(2)13(12-8-4-3-5-9-12)17(18)15(16-14)10-6-7-11-15/h3-5,8-9,16H,6-7,10-11H2,1-2H3. The van der Waals surface area contributed by atoms with E-state index in [0.29, 0.717) is 0 Å². The molecule has 1 aromatic carbocycles. The van der Waals surface area contributed by atoms with Crippen LogP contribution in [0.1, 0.15) is 45.1 Å². The van der Waals surface area contributed by atoms with E-state index < -0.39 is 0 Å². The van der Waals surface area contributed by atoms with Gasteiger partial charge in [0.2, 0.25) is 11.4 Å². The minimum absolute atomic E-state index is 0.257. The van der Waals surface area contributed by atoms with E-state index in [1.165, 1.54) is 4.74 Å². The first-order chi connectivity index (χ1) is 8.55. The molecule has 0 aromatic heterocycles. The van der Waals surface area contributed by atoms with Crippen LogP contribution in [0, 0.1) is 5.21 Å². The van der Waals surface area contributed by atoms with Gasteiger partial charge in [-0.2, -0.15) is 4.74 Å². The maximum absolute atomic E-state index is 12.8. The molecule has 3 heteroatoms. The molecule has 0 bridgehead atoms. The average Bonchev–Trinajstić information content (AvgIpc) is 2.85. The smallest absolute Gasteiger partial charge is 0.227 e. The molecule has 2 aliphatic rings. The lowest BCUT2D eigenvalue weighted by atomic mass is 9.93. The van der Waals surface area contributed by atoms with Gasteiger partial charge in [0.05, 0.1) is 0 Å². The van der Waals surface area contributed by atoms with Crippen molar-refractivity contribution in [3.8, 4) is 0 Å². The van der Waals surface area contributed by atoms with E-state index in [1.54, 1.807) is 0 Å². The predicted octanol–water partition coefficient (Wildman–Crippen LogP) is 2.64. The van der Waals surface area contributed by atoms with Crippen molar-refractivity contribution in [1.82, 2.24) is 5.32 Å². The number of hydrogen-bond donors (Lipinski definition) is 1. The van der Waals surface area contributed by atoms with Crippen LogP contribution in [0.3, 0.4) is 0 Å². The highest BCUT2D eigenvalue weighted by molar-refractivity contribution is 6.04. The largest absolute Gasteiger partial charge is 0.622 e. The van der Waals surface area contributed by atoms with Crippen LogP contribution in [0.25, 0.3) is 0 Å². The first-order valence-corrected chi connectivity index (χ1v) is 6.75. The van der Waals surface area contributed by atoms with Gasteiger partial charge in [-0.05, 0) is 38.8 Å². The van der Waals surface area contributed by atoms with Crippen molar-refractivity contribution in [1.29, 1.82) is 0 Å². The minimum atomic E-state index is -0.353. The third-order valence-electron chi connectivity index (χ3n) is 4.21. The molecule has 96 valence electrons. The molecule has 1 saturated carbocycles. The number of nitrogens with zero attached hydrogens (tertiary/aromatic N) is 1. The van der Waals surface area contributed by atoms with Gasteiger partial charge in [0, 0.05) is 18.4 Å². The lowest BCUT2D eigenvalue weighted by Gasteiger charge is -2.25. The highest BCUT2D eigenvalue weighted by atomic mass is 16.5. The van der Waals surface area contributed by atoms with E-state index in [4.69, 9.17) is 0 Å². The molecular formula is C15H20N2O. The highest BCUT2D eigenvalue weighted by Crippen LogP contribution is 2.38. The molecule has 1 aliphatic carbocycles. The summed E-state index contributed by atoms with van der Waals surface area (Å²) in [6.07, 6.45) is 4.19. The lowest BCUT2D eigenvalue weighted by Crippen LogP contribution is -2.51. The average molecular weight is 244 g/mol. The monoisotopic (exact) mass is 244 g/mol. The van der Waals surface area contributed by atoms with Crippen molar-refractivity contribution in [2.75, 3.05) is 0 Å². The number of nitrogens with one attached hydrogen (secondary N) is 1. The summed E-state index contributed by atoms with van der Waals surface area (Å²) < 4.78 is 1.26. The molecule has 3 nitrogen and oxygen atoms in total. The molecule has 3 rings (SSSR count). The summed E-state index contributed by atoms with van der Waals surface area (Å²) >= 11 is 0. The molecule has 1 N–H and O–H groups in total. The quantitative estimate of drug-likeness (QED) is 0.609. The van der Waals surface area contributed by atoms with E-state index in [-0.39, 0.29) is 11.2 Å². The number of hydrogen-bond acceptors (Lipinski definition) is 2. The number of rotatable bonds is 1. The Kier molecular flexibility index (Phi) is 2.49. The molecule has 0 saturated heterocycles. The highest BCUT2D eigenvalue weighted by Gasteiger charge is 2.55. The van der Waals surface area contributed by atoms with Crippen molar-refractivity contribution < 1.29 is 4.74 Å². The number of hydroxylamine groups is 1. The first kappa shape index (κ1) is 11.7. The van der Waals surface area contributed by atoms with E-state index in [1.807, 2.05) is 30.3 Å². The summed E-state index contributed by atoms with van der Waals surface area (Å²) in [6.45, 7) is 4.21. The van der Waals surface area contributed by atoms with E-state index >= 15 is 0 Å². The van der Waals surface area contributed by atoms with Gasteiger partial charge in [-0.15, -0.1) is 0 Å². The van der Waals surface area contributed by atoms with Crippen molar-refractivity contribution in [2.45, 2.75) is 50.7 Å². The maximum Gasteiger partial charge on any atom is 0.227 e. The van der Waals surface area contributed by atoms with E-state index in [9.17, 15) is 5.21 Å².